The number of likely N-dealkylation sites (tertiary alicyclic amines) is 1. The van der Waals surface area contributed by atoms with Gasteiger partial charge in [-0.2, -0.15) is 0 Å². The molecule has 2 fully saturated rings. The number of amides is 1. The summed E-state index contributed by atoms with van der Waals surface area (Å²) in [5.41, 5.74) is 0. The second kappa shape index (κ2) is 2.48. The molecule has 0 aromatic carbocycles. The molecule has 2 atom stereocenters. The smallest absolute Gasteiger partial charge is 0.219 e. The third kappa shape index (κ3) is 1.25. The number of hydrogen-bond donors (Lipinski definition) is 1. The Morgan fingerprint density at radius 2 is 1.91 bits per heavy atom. The number of nitrogens with one attached hydrogen (secondary N) is 1. The summed E-state index contributed by atoms with van der Waals surface area (Å²) in [4.78, 5) is 13.0. The van der Waals surface area contributed by atoms with E-state index >= 15 is 0 Å². The second-order valence-corrected chi connectivity index (χ2v) is 3.56. The van der Waals surface area contributed by atoms with E-state index in [1.807, 2.05) is 4.90 Å². The number of hydrogen-bond acceptors (Lipinski definition) is 2. The van der Waals surface area contributed by atoms with Crippen molar-refractivity contribution in [3.63, 3.8) is 0 Å². The van der Waals surface area contributed by atoms with Gasteiger partial charge in [0.15, 0.2) is 0 Å². The summed E-state index contributed by atoms with van der Waals surface area (Å²) >= 11 is 0. The van der Waals surface area contributed by atoms with Gasteiger partial charge in [0, 0.05) is 32.1 Å². The summed E-state index contributed by atoms with van der Waals surface area (Å²) in [6.45, 7) is 3.50. The fourth-order valence-electron chi connectivity index (χ4n) is 2.05. The lowest BCUT2D eigenvalue weighted by Gasteiger charge is -2.31. The summed E-state index contributed by atoms with van der Waals surface area (Å²) in [6.07, 6.45) is 2.49. The van der Waals surface area contributed by atoms with Crippen LogP contribution in [0.5, 0.6) is 0 Å². The first-order chi connectivity index (χ1) is 5.25. The molecule has 0 aromatic rings. The van der Waals surface area contributed by atoms with Crippen LogP contribution in [0.25, 0.3) is 0 Å². The van der Waals surface area contributed by atoms with Crippen molar-refractivity contribution in [2.24, 2.45) is 0 Å². The average Bonchev–Trinajstić information content (AvgIpc) is 2.30. The van der Waals surface area contributed by atoms with Crippen LogP contribution >= 0.6 is 0 Å². The SMILES string of the molecule is CC(=O)N1CC2CC[C@@H](C1)N2. The van der Waals surface area contributed by atoms with Crippen molar-refractivity contribution in [2.75, 3.05) is 13.1 Å². The molecule has 3 heteroatoms. The number of carbonyl (C=O) groups is 1. The Kier molecular flexibility index (Phi) is 1.60. The molecule has 62 valence electrons. The standard InChI is InChI=1S/C8H14N2O/c1-6(11)10-4-7-2-3-8(5-10)9-7/h7-9H,2-5H2,1H3/t7-,8?/m0/s1. The molecule has 0 radical (unpaired) electrons. The molecule has 2 bridgehead atoms. The normalized spacial score (nSPS) is 35.9. The van der Waals surface area contributed by atoms with E-state index < -0.39 is 0 Å². The van der Waals surface area contributed by atoms with Crippen LogP contribution < -0.4 is 5.32 Å². The zero-order chi connectivity index (χ0) is 7.84. The third-order valence-electron chi connectivity index (χ3n) is 2.66. The molecule has 11 heavy (non-hydrogen) atoms. The quantitative estimate of drug-likeness (QED) is 0.531. The predicted molar refractivity (Wildman–Crippen MR) is 42.2 cm³/mol. The Hall–Kier alpha value is -0.570. The van der Waals surface area contributed by atoms with Gasteiger partial charge in [-0.05, 0) is 12.8 Å². The number of fused-ring (bicyclic) bond motifs is 2. The lowest BCUT2D eigenvalue weighted by atomic mass is 10.2. The van der Waals surface area contributed by atoms with Crippen LogP contribution in [0, 0.1) is 0 Å². The van der Waals surface area contributed by atoms with Crippen LogP contribution in [-0.2, 0) is 4.79 Å². The van der Waals surface area contributed by atoms with Gasteiger partial charge < -0.3 is 10.2 Å². The van der Waals surface area contributed by atoms with Crippen molar-refractivity contribution in [2.45, 2.75) is 31.8 Å². The van der Waals surface area contributed by atoms with E-state index in [0.717, 1.165) is 13.1 Å². The first kappa shape index (κ1) is 7.10. The van der Waals surface area contributed by atoms with Crippen molar-refractivity contribution in [1.29, 1.82) is 0 Å². The predicted octanol–water partition coefficient (Wildman–Crippen LogP) is -0.0309. The highest BCUT2D eigenvalue weighted by molar-refractivity contribution is 5.73. The maximum atomic E-state index is 11.0. The van der Waals surface area contributed by atoms with Crippen LogP contribution in [0.4, 0.5) is 0 Å². The van der Waals surface area contributed by atoms with Gasteiger partial charge >= 0.3 is 0 Å². The molecular formula is C8H14N2O. The maximum absolute atomic E-state index is 11.0. The molecule has 0 spiro atoms. The van der Waals surface area contributed by atoms with Crippen LogP contribution in [0.1, 0.15) is 19.8 Å². The van der Waals surface area contributed by atoms with E-state index in [4.69, 9.17) is 0 Å². The highest BCUT2D eigenvalue weighted by Gasteiger charge is 2.32. The van der Waals surface area contributed by atoms with Gasteiger partial charge in [-0.15, -0.1) is 0 Å². The van der Waals surface area contributed by atoms with E-state index in [0.29, 0.717) is 12.1 Å². The van der Waals surface area contributed by atoms with Crippen LogP contribution in [0.3, 0.4) is 0 Å². The van der Waals surface area contributed by atoms with Gasteiger partial charge in [-0.25, -0.2) is 0 Å². The minimum atomic E-state index is 0.225. The molecule has 2 aliphatic rings. The van der Waals surface area contributed by atoms with Crippen molar-refractivity contribution in [1.82, 2.24) is 10.2 Å². The Morgan fingerprint density at radius 1 is 1.36 bits per heavy atom. The summed E-state index contributed by atoms with van der Waals surface area (Å²) in [7, 11) is 0. The maximum Gasteiger partial charge on any atom is 0.219 e. The molecule has 1 amide bonds. The summed E-state index contributed by atoms with van der Waals surface area (Å²) in [5.74, 6) is 0.225. The fourth-order valence-corrected chi connectivity index (χ4v) is 2.05. The summed E-state index contributed by atoms with van der Waals surface area (Å²) in [6, 6.07) is 1.16. The van der Waals surface area contributed by atoms with Crippen LogP contribution in [0.2, 0.25) is 0 Å². The third-order valence-corrected chi connectivity index (χ3v) is 2.66. The minimum absolute atomic E-state index is 0.225. The van der Waals surface area contributed by atoms with E-state index in [-0.39, 0.29) is 5.91 Å². The van der Waals surface area contributed by atoms with Gasteiger partial charge in [-0.3, -0.25) is 4.79 Å². The Labute approximate surface area is 66.8 Å². The van der Waals surface area contributed by atoms with E-state index in [1.165, 1.54) is 12.8 Å². The number of rotatable bonds is 0. The molecule has 2 aliphatic heterocycles. The Balaban J connectivity index is 2.02. The molecule has 0 aliphatic carbocycles. The minimum Gasteiger partial charge on any atom is -0.340 e. The molecule has 2 heterocycles. The van der Waals surface area contributed by atoms with Crippen LogP contribution in [0.15, 0.2) is 0 Å². The van der Waals surface area contributed by atoms with Crippen molar-refractivity contribution in [3.05, 3.63) is 0 Å². The molecule has 2 saturated heterocycles. The lowest BCUT2D eigenvalue weighted by Crippen LogP contribution is -2.52. The van der Waals surface area contributed by atoms with Gasteiger partial charge in [0.2, 0.25) is 5.91 Å². The first-order valence-corrected chi connectivity index (χ1v) is 4.27. The van der Waals surface area contributed by atoms with Gasteiger partial charge in [0.1, 0.15) is 0 Å². The Morgan fingerprint density at radius 3 is 2.36 bits per heavy atom. The number of piperazine rings is 1. The monoisotopic (exact) mass is 154 g/mol. The number of carbonyl (C=O) groups excluding carboxylic acids is 1. The molecule has 3 nitrogen and oxygen atoms in total. The van der Waals surface area contributed by atoms with Gasteiger partial charge in [0.05, 0.1) is 0 Å². The van der Waals surface area contributed by atoms with Gasteiger partial charge in [0.25, 0.3) is 0 Å². The van der Waals surface area contributed by atoms with Gasteiger partial charge in [-0.1, -0.05) is 0 Å². The molecule has 0 saturated carbocycles. The second-order valence-electron chi connectivity index (χ2n) is 3.56. The zero-order valence-corrected chi connectivity index (χ0v) is 6.84. The average molecular weight is 154 g/mol. The van der Waals surface area contributed by atoms with E-state index in [9.17, 15) is 4.79 Å². The molecule has 0 aromatic heterocycles. The highest BCUT2D eigenvalue weighted by atomic mass is 16.2. The van der Waals surface area contributed by atoms with Crippen molar-refractivity contribution >= 4 is 5.91 Å². The highest BCUT2D eigenvalue weighted by Crippen LogP contribution is 2.19. The van der Waals surface area contributed by atoms with Crippen molar-refractivity contribution < 1.29 is 4.79 Å². The zero-order valence-electron chi connectivity index (χ0n) is 6.84. The van der Waals surface area contributed by atoms with Crippen molar-refractivity contribution in [3.8, 4) is 0 Å². The first-order valence-electron chi connectivity index (χ1n) is 4.27. The van der Waals surface area contributed by atoms with E-state index in [2.05, 4.69) is 5.32 Å². The summed E-state index contributed by atoms with van der Waals surface area (Å²) in [5, 5.41) is 3.48. The Bertz CT molecular complexity index is 169. The van der Waals surface area contributed by atoms with E-state index in [1.54, 1.807) is 6.92 Å². The largest absolute Gasteiger partial charge is 0.340 e. The fraction of sp³-hybridized carbons (Fsp3) is 0.875. The van der Waals surface area contributed by atoms with Crippen LogP contribution in [-0.4, -0.2) is 36.0 Å². The molecule has 1 unspecified atom stereocenters. The lowest BCUT2D eigenvalue weighted by molar-refractivity contribution is -0.130. The topological polar surface area (TPSA) is 32.3 Å². The molecule has 2 rings (SSSR count). The number of nitrogens with zero attached hydrogens (tertiary/aromatic N) is 1. The molecular weight excluding hydrogens is 140 g/mol. The molecule has 1 N–H and O–H groups in total. The summed E-state index contributed by atoms with van der Waals surface area (Å²) < 4.78 is 0.